The van der Waals surface area contributed by atoms with E-state index in [9.17, 15) is 4.79 Å². The van der Waals surface area contributed by atoms with Gasteiger partial charge in [-0.25, -0.2) is 10.5 Å². The van der Waals surface area contributed by atoms with Gasteiger partial charge in [-0.15, -0.1) is 0 Å². The molecule has 1 heterocycles. The highest BCUT2D eigenvalue weighted by molar-refractivity contribution is 5.89. The second kappa shape index (κ2) is 4.19. The Morgan fingerprint density at radius 3 is 3.00 bits per heavy atom. The van der Waals surface area contributed by atoms with Crippen LogP contribution in [0.4, 0.5) is 0 Å². The number of hydrogen-bond donors (Lipinski definition) is 2. The van der Waals surface area contributed by atoms with Crippen molar-refractivity contribution in [2.45, 2.75) is 31.8 Å². The van der Waals surface area contributed by atoms with Crippen LogP contribution in [0.1, 0.15) is 36.3 Å². The molecule has 6 heteroatoms. The van der Waals surface area contributed by atoms with Gasteiger partial charge in [-0.3, -0.25) is 14.7 Å². The van der Waals surface area contributed by atoms with Crippen molar-refractivity contribution in [1.29, 1.82) is 0 Å². The molecular weight excluding hydrogens is 184 g/mol. The highest BCUT2D eigenvalue weighted by Crippen LogP contribution is 2.19. The first kappa shape index (κ1) is 9.14. The molecule has 6 nitrogen and oxygen atoms in total. The largest absolute Gasteiger partial charge is 0.312 e. The van der Waals surface area contributed by atoms with Gasteiger partial charge in [-0.05, 0) is 12.8 Å². The Balaban J connectivity index is 1.78. The molecule has 0 aromatic carbocycles. The monoisotopic (exact) mass is 196 g/mol. The second-order valence-corrected chi connectivity index (χ2v) is 3.29. The molecule has 2 N–H and O–H groups in total. The van der Waals surface area contributed by atoms with E-state index in [1.807, 2.05) is 0 Å². The summed E-state index contributed by atoms with van der Waals surface area (Å²) in [6.07, 6.45) is 5.80. The number of nitrogens with zero attached hydrogens (tertiary/aromatic N) is 2. The van der Waals surface area contributed by atoms with Crippen molar-refractivity contribution in [3.8, 4) is 0 Å². The van der Waals surface area contributed by atoms with Crippen LogP contribution in [0.5, 0.6) is 0 Å². The number of H-pyrrole nitrogens is 1. The Kier molecular flexibility index (Phi) is 2.73. The maximum Gasteiger partial charge on any atom is 0.312 e. The fourth-order valence-electron chi connectivity index (χ4n) is 1.51. The molecule has 1 amide bonds. The van der Waals surface area contributed by atoms with Crippen molar-refractivity contribution >= 4 is 5.91 Å². The third kappa shape index (κ3) is 2.08. The topological polar surface area (TPSA) is 79.9 Å². The number of hydrogen-bond acceptors (Lipinski definition) is 4. The Morgan fingerprint density at radius 1 is 1.57 bits per heavy atom. The van der Waals surface area contributed by atoms with Crippen molar-refractivity contribution in [3.63, 3.8) is 0 Å². The lowest BCUT2D eigenvalue weighted by atomic mass is 10.3. The van der Waals surface area contributed by atoms with Crippen LogP contribution < -0.4 is 5.48 Å². The highest BCUT2D eigenvalue weighted by atomic mass is 16.7. The van der Waals surface area contributed by atoms with Crippen molar-refractivity contribution in [1.82, 2.24) is 20.7 Å². The van der Waals surface area contributed by atoms with Gasteiger partial charge in [0.1, 0.15) is 6.33 Å². The quantitative estimate of drug-likeness (QED) is 0.686. The van der Waals surface area contributed by atoms with Gasteiger partial charge < -0.3 is 0 Å². The molecule has 0 bridgehead atoms. The third-order valence-electron chi connectivity index (χ3n) is 2.25. The van der Waals surface area contributed by atoms with Crippen molar-refractivity contribution in [2.24, 2.45) is 0 Å². The summed E-state index contributed by atoms with van der Waals surface area (Å²) < 4.78 is 0. The second-order valence-electron chi connectivity index (χ2n) is 3.29. The van der Waals surface area contributed by atoms with Crippen LogP contribution in [-0.4, -0.2) is 27.2 Å². The number of amides is 1. The molecule has 1 aromatic rings. The van der Waals surface area contributed by atoms with E-state index in [0.29, 0.717) is 0 Å². The van der Waals surface area contributed by atoms with E-state index in [-0.39, 0.29) is 17.8 Å². The zero-order valence-corrected chi connectivity index (χ0v) is 7.69. The average molecular weight is 196 g/mol. The smallest absolute Gasteiger partial charge is 0.270 e. The van der Waals surface area contributed by atoms with Crippen molar-refractivity contribution in [3.05, 3.63) is 12.2 Å². The number of aromatic nitrogens is 3. The van der Waals surface area contributed by atoms with Gasteiger partial charge in [-0.1, -0.05) is 12.8 Å². The number of rotatable bonds is 3. The number of hydroxylamine groups is 1. The molecule has 14 heavy (non-hydrogen) atoms. The molecular formula is C8H12N4O2. The zero-order chi connectivity index (χ0) is 9.80. The fourth-order valence-corrected chi connectivity index (χ4v) is 1.51. The van der Waals surface area contributed by atoms with Gasteiger partial charge in [0, 0.05) is 0 Å². The average Bonchev–Trinajstić information content (AvgIpc) is 2.87. The Bertz CT molecular complexity index is 292. The van der Waals surface area contributed by atoms with Gasteiger partial charge in [0.2, 0.25) is 5.82 Å². The molecule has 76 valence electrons. The first-order chi connectivity index (χ1) is 6.86. The SMILES string of the molecule is O=C(NOC1CCCC1)c1ncn[nH]1. The Labute approximate surface area is 81.0 Å². The molecule has 0 radical (unpaired) electrons. The lowest BCUT2D eigenvalue weighted by molar-refractivity contribution is -0.0130. The first-order valence-corrected chi connectivity index (χ1v) is 4.67. The highest BCUT2D eigenvalue weighted by Gasteiger charge is 2.17. The van der Waals surface area contributed by atoms with E-state index in [4.69, 9.17) is 4.84 Å². The molecule has 1 saturated carbocycles. The van der Waals surface area contributed by atoms with Crippen LogP contribution in [0, 0.1) is 0 Å². The maximum atomic E-state index is 11.3. The molecule has 0 spiro atoms. The minimum absolute atomic E-state index is 0.155. The van der Waals surface area contributed by atoms with Gasteiger partial charge in [-0.2, -0.15) is 5.10 Å². The summed E-state index contributed by atoms with van der Waals surface area (Å²) in [7, 11) is 0. The van der Waals surface area contributed by atoms with Crippen molar-refractivity contribution < 1.29 is 9.63 Å². The van der Waals surface area contributed by atoms with Crippen LogP contribution >= 0.6 is 0 Å². The van der Waals surface area contributed by atoms with Gasteiger partial charge in [0.15, 0.2) is 0 Å². The van der Waals surface area contributed by atoms with Gasteiger partial charge in [0.05, 0.1) is 6.10 Å². The summed E-state index contributed by atoms with van der Waals surface area (Å²) in [4.78, 5) is 20.2. The van der Waals surface area contributed by atoms with E-state index < -0.39 is 0 Å². The van der Waals surface area contributed by atoms with Crippen LogP contribution in [0.15, 0.2) is 6.33 Å². The van der Waals surface area contributed by atoms with E-state index >= 15 is 0 Å². The van der Waals surface area contributed by atoms with Crippen molar-refractivity contribution in [2.75, 3.05) is 0 Å². The number of nitrogens with one attached hydrogen (secondary N) is 2. The van der Waals surface area contributed by atoms with Crippen LogP contribution in [-0.2, 0) is 4.84 Å². The first-order valence-electron chi connectivity index (χ1n) is 4.67. The fraction of sp³-hybridized carbons (Fsp3) is 0.625. The zero-order valence-electron chi connectivity index (χ0n) is 7.69. The summed E-state index contributed by atoms with van der Waals surface area (Å²) in [6, 6.07) is 0. The molecule has 0 saturated heterocycles. The summed E-state index contributed by atoms with van der Waals surface area (Å²) in [5.74, 6) is -0.211. The van der Waals surface area contributed by atoms with E-state index in [0.717, 1.165) is 12.8 Å². The number of aromatic amines is 1. The van der Waals surface area contributed by atoms with Crippen LogP contribution in [0.3, 0.4) is 0 Å². The summed E-state index contributed by atoms with van der Waals surface area (Å²) >= 11 is 0. The van der Waals surface area contributed by atoms with Gasteiger partial charge in [0.25, 0.3) is 0 Å². The molecule has 1 aliphatic rings. The lowest BCUT2D eigenvalue weighted by Gasteiger charge is -2.09. The van der Waals surface area contributed by atoms with E-state index in [1.54, 1.807) is 0 Å². The van der Waals surface area contributed by atoms with Crippen LogP contribution in [0.25, 0.3) is 0 Å². The van der Waals surface area contributed by atoms with E-state index in [1.165, 1.54) is 19.2 Å². The minimum atomic E-state index is -0.380. The minimum Gasteiger partial charge on any atom is -0.270 e. The summed E-state index contributed by atoms with van der Waals surface area (Å²) in [5.41, 5.74) is 2.35. The number of carbonyl (C=O) groups excluding carboxylic acids is 1. The molecule has 2 rings (SSSR count). The molecule has 1 fully saturated rings. The molecule has 0 atom stereocenters. The van der Waals surface area contributed by atoms with Crippen LogP contribution in [0.2, 0.25) is 0 Å². The lowest BCUT2D eigenvalue weighted by Crippen LogP contribution is -2.29. The molecule has 1 aromatic heterocycles. The standard InChI is InChI=1S/C8H12N4O2/c13-8(7-9-5-10-11-7)12-14-6-3-1-2-4-6/h5-6H,1-4H2,(H,12,13)(H,9,10,11). The summed E-state index contributed by atoms with van der Waals surface area (Å²) in [6.45, 7) is 0. The van der Waals surface area contributed by atoms with Gasteiger partial charge >= 0.3 is 5.91 Å². The number of carbonyl (C=O) groups is 1. The summed E-state index contributed by atoms with van der Waals surface area (Å²) in [5, 5.41) is 6.03. The molecule has 0 aliphatic heterocycles. The third-order valence-corrected chi connectivity index (χ3v) is 2.25. The molecule has 1 aliphatic carbocycles. The Hall–Kier alpha value is -1.43. The maximum absolute atomic E-state index is 11.3. The van der Waals surface area contributed by atoms with E-state index in [2.05, 4.69) is 20.7 Å². The predicted molar refractivity (Wildman–Crippen MR) is 47.2 cm³/mol. The normalized spacial score (nSPS) is 17.1. The Morgan fingerprint density at radius 2 is 2.36 bits per heavy atom. The predicted octanol–water partition coefficient (Wildman–Crippen LogP) is 0.409. The molecule has 0 unspecified atom stereocenters.